The van der Waals surface area contributed by atoms with Crippen LogP contribution in [0.2, 0.25) is 0 Å². The van der Waals surface area contributed by atoms with Crippen LogP contribution in [-0.2, 0) is 0 Å². The Balaban J connectivity index is 2.20. The summed E-state index contributed by atoms with van der Waals surface area (Å²) in [5.41, 5.74) is -0.814. The Morgan fingerprint density at radius 3 is 2.36 bits per heavy atom. The van der Waals surface area contributed by atoms with Crippen LogP contribution in [0.4, 0.5) is 8.78 Å². The van der Waals surface area contributed by atoms with Crippen LogP contribution in [0.25, 0.3) is 0 Å². The van der Waals surface area contributed by atoms with E-state index >= 15 is 0 Å². The maximum Gasteiger partial charge on any atom is 0.282 e. The van der Waals surface area contributed by atoms with Crippen molar-refractivity contribution in [3.05, 3.63) is 0 Å². The molecule has 0 saturated heterocycles. The lowest BCUT2D eigenvalue weighted by atomic mass is 10.0. The lowest BCUT2D eigenvalue weighted by Gasteiger charge is -2.24. The summed E-state index contributed by atoms with van der Waals surface area (Å²) < 4.78 is 25.1. The van der Waals surface area contributed by atoms with Crippen molar-refractivity contribution < 1.29 is 19.0 Å². The van der Waals surface area contributed by atoms with Gasteiger partial charge in [0, 0.05) is 6.54 Å². The Labute approximate surface area is 82.1 Å². The van der Waals surface area contributed by atoms with Gasteiger partial charge in [0.15, 0.2) is 0 Å². The van der Waals surface area contributed by atoms with Crippen LogP contribution in [-0.4, -0.2) is 41.4 Å². The van der Waals surface area contributed by atoms with Crippen molar-refractivity contribution in [2.24, 2.45) is 0 Å². The molecule has 0 aromatic carbocycles. The van der Waals surface area contributed by atoms with Gasteiger partial charge in [-0.05, 0) is 12.8 Å². The van der Waals surface area contributed by atoms with Gasteiger partial charge in [0.2, 0.25) is 0 Å². The third-order valence-corrected chi connectivity index (χ3v) is 2.60. The molecule has 0 bridgehead atoms. The predicted molar refractivity (Wildman–Crippen MR) is 48.3 cm³/mol. The summed E-state index contributed by atoms with van der Waals surface area (Å²) in [4.78, 5) is 0. The zero-order chi connectivity index (χ0) is 10.7. The second-order valence-electron chi connectivity index (χ2n) is 4.05. The van der Waals surface area contributed by atoms with Crippen LogP contribution in [0.3, 0.4) is 0 Å². The van der Waals surface area contributed by atoms with Gasteiger partial charge >= 0.3 is 0 Å². The Morgan fingerprint density at radius 1 is 1.29 bits per heavy atom. The lowest BCUT2D eigenvalue weighted by molar-refractivity contribution is -0.0521. The van der Waals surface area contributed by atoms with Crippen molar-refractivity contribution in [2.75, 3.05) is 19.7 Å². The van der Waals surface area contributed by atoms with Crippen molar-refractivity contribution in [1.82, 2.24) is 5.32 Å². The molecule has 0 amide bonds. The minimum atomic E-state index is -3.09. The van der Waals surface area contributed by atoms with Crippen LogP contribution < -0.4 is 5.32 Å². The van der Waals surface area contributed by atoms with Gasteiger partial charge < -0.3 is 15.5 Å². The molecule has 3 nitrogen and oxygen atoms in total. The number of aliphatic hydroxyl groups is 2. The van der Waals surface area contributed by atoms with E-state index in [4.69, 9.17) is 5.11 Å². The van der Waals surface area contributed by atoms with Gasteiger partial charge in [-0.15, -0.1) is 0 Å². The summed E-state index contributed by atoms with van der Waals surface area (Å²) in [6, 6.07) is 0. The first-order valence-electron chi connectivity index (χ1n) is 4.89. The standard InChI is InChI=1S/C9H17F2NO2/c10-9(11,7-13)6-12-5-8(14)3-1-2-4-8/h12-14H,1-7H2. The Bertz CT molecular complexity index is 182. The summed E-state index contributed by atoms with van der Waals surface area (Å²) in [7, 11) is 0. The molecule has 5 heteroatoms. The first-order valence-corrected chi connectivity index (χ1v) is 4.89. The molecule has 14 heavy (non-hydrogen) atoms. The molecular weight excluding hydrogens is 192 g/mol. The van der Waals surface area contributed by atoms with Crippen LogP contribution in [0.15, 0.2) is 0 Å². The molecule has 0 radical (unpaired) electrons. The fraction of sp³-hybridized carbons (Fsp3) is 1.00. The van der Waals surface area contributed by atoms with Gasteiger partial charge in [0.1, 0.15) is 6.61 Å². The minimum absolute atomic E-state index is 0.183. The summed E-state index contributed by atoms with van der Waals surface area (Å²) >= 11 is 0. The summed E-state index contributed by atoms with van der Waals surface area (Å²) in [5.74, 6) is -3.09. The number of aliphatic hydroxyl groups excluding tert-OH is 1. The van der Waals surface area contributed by atoms with Crippen molar-refractivity contribution in [3.8, 4) is 0 Å². The number of nitrogens with one attached hydrogen (secondary N) is 1. The number of hydrogen-bond acceptors (Lipinski definition) is 3. The van der Waals surface area contributed by atoms with Crippen molar-refractivity contribution in [2.45, 2.75) is 37.2 Å². The third kappa shape index (κ3) is 3.48. The predicted octanol–water partition coefficient (Wildman–Crippen LogP) is 0.509. The first kappa shape index (κ1) is 11.8. The molecule has 84 valence electrons. The van der Waals surface area contributed by atoms with E-state index < -0.39 is 24.7 Å². The van der Waals surface area contributed by atoms with Crippen LogP contribution in [0, 0.1) is 0 Å². The monoisotopic (exact) mass is 209 g/mol. The van der Waals surface area contributed by atoms with E-state index in [1.54, 1.807) is 0 Å². The molecule has 0 aromatic heterocycles. The average molecular weight is 209 g/mol. The Morgan fingerprint density at radius 2 is 1.86 bits per heavy atom. The highest BCUT2D eigenvalue weighted by Crippen LogP contribution is 2.28. The summed E-state index contributed by atoms with van der Waals surface area (Å²) in [5, 5.41) is 20.6. The second-order valence-corrected chi connectivity index (χ2v) is 4.05. The van der Waals surface area contributed by atoms with Gasteiger partial charge in [-0.25, -0.2) is 8.78 Å². The van der Waals surface area contributed by atoms with E-state index in [0.717, 1.165) is 12.8 Å². The molecule has 1 aliphatic carbocycles. The molecular formula is C9H17F2NO2. The van der Waals surface area contributed by atoms with E-state index in [1.165, 1.54) is 0 Å². The first-order chi connectivity index (χ1) is 6.47. The molecule has 1 fully saturated rings. The fourth-order valence-electron chi connectivity index (χ4n) is 1.74. The van der Waals surface area contributed by atoms with Gasteiger partial charge in [0.25, 0.3) is 5.92 Å². The minimum Gasteiger partial charge on any atom is -0.390 e. The highest BCUT2D eigenvalue weighted by Gasteiger charge is 2.33. The van der Waals surface area contributed by atoms with Gasteiger partial charge in [0.05, 0.1) is 12.1 Å². The van der Waals surface area contributed by atoms with E-state index in [-0.39, 0.29) is 6.54 Å². The largest absolute Gasteiger partial charge is 0.390 e. The van der Waals surface area contributed by atoms with E-state index in [2.05, 4.69) is 5.32 Å². The maximum absolute atomic E-state index is 12.6. The number of hydrogen-bond donors (Lipinski definition) is 3. The second kappa shape index (κ2) is 4.51. The average Bonchev–Trinajstić information content (AvgIpc) is 2.52. The Hall–Kier alpha value is -0.260. The number of rotatable bonds is 5. The van der Waals surface area contributed by atoms with Gasteiger partial charge in [-0.2, -0.15) is 0 Å². The smallest absolute Gasteiger partial charge is 0.282 e. The SMILES string of the molecule is OCC(F)(F)CNCC1(O)CCCC1. The molecule has 0 unspecified atom stereocenters. The van der Waals surface area contributed by atoms with Crippen LogP contribution >= 0.6 is 0 Å². The third-order valence-electron chi connectivity index (χ3n) is 2.60. The molecule has 1 saturated carbocycles. The molecule has 0 heterocycles. The fourth-order valence-corrected chi connectivity index (χ4v) is 1.74. The highest BCUT2D eigenvalue weighted by molar-refractivity contribution is 4.86. The molecule has 0 aliphatic heterocycles. The molecule has 0 spiro atoms. The van der Waals surface area contributed by atoms with E-state index in [9.17, 15) is 13.9 Å². The zero-order valence-electron chi connectivity index (χ0n) is 8.10. The normalized spacial score (nSPS) is 21.4. The molecule has 0 atom stereocenters. The number of alkyl halides is 2. The van der Waals surface area contributed by atoms with Gasteiger partial charge in [-0.1, -0.05) is 12.8 Å². The number of halogens is 2. The van der Waals surface area contributed by atoms with Crippen LogP contribution in [0.5, 0.6) is 0 Å². The summed E-state index contributed by atoms with van der Waals surface area (Å²) in [6.07, 6.45) is 3.25. The molecule has 1 rings (SSSR count). The summed E-state index contributed by atoms with van der Waals surface area (Å²) in [6.45, 7) is -1.55. The van der Waals surface area contributed by atoms with Gasteiger partial charge in [-0.3, -0.25) is 0 Å². The van der Waals surface area contributed by atoms with Crippen molar-refractivity contribution in [1.29, 1.82) is 0 Å². The lowest BCUT2D eigenvalue weighted by Crippen LogP contribution is -2.44. The van der Waals surface area contributed by atoms with Crippen molar-refractivity contribution >= 4 is 0 Å². The molecule has 0 aromatic rings. The van der Waals surface area contributed by atoms with E-state index in [0.29, 0.717) is 12.8 Å². The molecule has 3 N–H and O–H groups in total. The van der Waals surface area contributed by atoms with Crippen LogP contribution in [0.1, 0.15) is 25.7 Å². The molecule has 1 aliphatic rings. The van der Waals surface area contributed by atoms with Crippen molar-refractivity contribution in [3.63, 3.8) is 0 Å². The quantitative estimate of drug-likeness (QED) is 0.618. The topological polar surface area (TPSA) is 52.5 Å². The maximum atomic E-state index is 12.6. The highest BCUT2D eigenvalue weighted by atomic mass is 19.3. The Kier molecular flexibility index (Phi) is 3.80. The zero-order valence-corrected chi connectivity index (χ0v) is 8.10. The van der Waals surface area contributed by atoms with E-state index in [1.807, 2.05) is 0 Å².